The Balaban J connectivity index is 1.68. The van der Waals surface area contributed by atoms with E-state index in [9.17, 15) is 4.79 Å². The van der Waals surface area contributed by atoms with Gasteiger partial charge in [0, 0.05) is 17.1 Å². The number of nitrogens with zero attached hydrogens (tertiary/aromatic N) is 2. The number of halogens is 1. The van der Waals surface area contributed by atoms with Crippen LogP contribution in [0, 0.1) is 0 Å². The highest BCUT2D eigenvalue weighted by atomic mass is 35.5. The molecule has 4 nitrogen and oxygen atoms in total. The Morgan fingerprint density at radius 2 is 1.79 bits per heavy atom. The quantitative estimate of drug-likeness (QED) is 0.508. The van der Waals surface area contributed by atoms with Crippen LogP contribution < -0.4 is 5.32 Å². The summed E-state index contributed by atoms with van der Waals surface area (Å²) < 4.78 is 2.14. The second kappa shape index (κ2) is 7.87. The maximum atomic E-state index is 12.6. The number of nitrogens with one attached hydrogen (secondary N) is 1. The molecule has 0 spiro atoms. The van der Waals surface area contributed by atoms with Crippen molar-refractivity contribution in [2.45, 2.75) is 19.5 Å². The predicted molar refractivity (Wildman–Crippen MR) is 113 cm³/mol. The Morgan fingerprint density at radius 3 is 2.57 bits per heavy atom. The molecule has 4 rings (SSSR count). The van der Waals surface area contributed by atoms with Gasteiger partial charge in [-0.15, -0.1) is 0 Å². The first-order valence-corrected chi connectivity index (χ1v) is 9.55. The van der Waals surface area contributed by atoms with Crippen molar-refractivity contribution in [1.29, 1.82) is 0 Å². The van der Waals surface area contributed by atoms with Gasteiger partial charge in [-0.2, -0.15) is 0 Å². The van der Waals surface area contributed by atoms with Crippen LogP contribution in [0.2, 0.25) is 5.02 Å². The Bertz CT molecular complexity index is 1120. The number of amides is 1. The molecule has 28 heavy (non-hydrogen) atoms. The van der Waals surface area contributed by atoms with Crippen LogP contribution in [0.4, 0.5) is 0 Å². The number of benzene rings is 3. The monoisotopic (exact) mass is 389 g/mol. The number of fused-ring (bicyclic) bond motifs is 1. The van der Waals surface area contributed by atoms with E-state index in [1.807, 2.05) is 73.7 Å². The molecule has 0 unspecified atom stereocenters. The molecule has 1 heterocycles. The number of hydrogen-bond donors (Lipinski definition) is 1. The van der Waals surface area contributed by atoms with Crippen molar-refractivity contribution in [1.82, 2.24) is 14.9 Å². The van der Waals surface area contributed by atoms with Crippen LogP contribution in [-0.2, 0) is 6.54 Å². The summed E-state index contributed by atoms with van der Waals surface area (Å²) in [6.07, 6.45) is 0. The van der Waals surface area contributed by atoms with E-state index in [4.69, 9.17) is 16.6 Å². The van der Waals surface area contributed by atoms with Crippen LogP contribution in [0.25, 0.3) is 11.0 Å². The van der Waals surface area contributed by atoms with E-state index in [2.05, 4.69) is 9.88 Å². The van der Waals surface area contributed by atoms with Crippen molar-refractivity contribution in [2.24, 2.45) is 0 Å². The van der Waals surface area contributed by atoms with Crippen LogP contribution in [0.5, 0.6) is 0 Å². The highest BCUT2D eigenvalue weighted by molar-refractivity contribution is 6.30. The number of para-hydroxylation sites is 2. The summed E-state index contributed by atoms with van der Waals surface area (Å²) in [6.45, 7) is 2.58. The van der Waals surface area contributed by atoms with Gasteiger partial charge in [-0.3, -0.25) is 4.79 Å². The molecule has 0 aliphatic carbocycles. The van der Waals surface area contributed by atoms with Gasteiger partial charge in [0.05, 0.1) is 17.1 Å². The summed E-state index contributed by atoms with van der Waals surface area (Å²) in [4.78, 5) is 17.4. The smallest absolute Gasteiger partial charge is 0.251 e. The fraction of sp³-hybridized carbons (Fsp3) is 0.130. The van der Waals surface area contributed by atoms with Crippen LogP contribution in [-0.4, -0.2) is 15.5 Å². The van der Waals surface area contributed by atoms with Crippen molar-refractivity contribution < 1.29 is 4.79 Å². The molecular formula is C23H20ClN3O. The normalized spacial score (nSPS) is 12.1. The number of rotatable bonds is 5. The van der Waals surface area contributed by atoms with Gasteiger partial charge in [-0.25, -0.2) is 4.98 Å². The Hall–Kier alpha value is -3.11. The molecule has 0 radical (unpaired) electrons. The lowest BCUT2D eigenvalue weighted by atomic mass is 10.2. The fourth-order valence-electron chi connectivity index (χ4n) is 3.34. The van der Waals surface area contributed by atoms with Crippen LogP contribution in [0.15, 0.2) is 78.9 Å². The zero-order valence-electron chi connectivity index (χ0n) is 15.5. The molecule has 0 aliphatic rings. The van der Waals surface area contributed by atoms with Crippen molar-refractivity contribution in [3.63, 3.8) is 0 Å². The Kier molecular flexibility index (Phi) is 5.13. The van der Waals surface area contributed by atoms with Gasteiger partial charge in [0.2, 0.25) is 0 Å². The van der Waals surface area contributed by atoms with Crippen LogP contribution >= 0.6 is 11.6 Å². The number of carbonyl (C=O) groups is 1. The van der Waals surface area contributed by atoms with Crippen LogP contribution in [0.3, 0.4) is 0 Å². The fourth-order valence-corrected chi connectivity index (χ4v) is 3.56. The van der Waals surface area contributed by atoms with E-state index < -0.39 is 0 Å². The summed E-state index contributed by atoms with van der Waals surface area (Å²) in [6, 6.07) is 24.7. The topological polar surface area (TPSA) is 46.9 Å². The third kappa shape index (κ3) is 3.78. The molecule has 1 aromatic heterocycles. The van der Waals surface area contributed by atoms with Crippen molar-refractivity contribution >= 4 is 28.5 Å². The minimum absolute atomic E-state index is 0.116. The molecule has 0 aliphatic heterocycles. The van der Waals surface area contributed by atoms with Gasteiger partial charge >= 0.3 is 0 Å². The lowest BCUT2D eigenvalue weighted by Gasteiger charge is -2.17. The van der Waals surface area contributed by atoms with E-state index >= 15 is 0 Å². The summed E-state index contributed by atoms with van der Waals surface area (Å²) in [5.74, 6) is 0.694. The molecule has 3 aromatic carbocycles. The largest absolute Gasteiger partial charge is 0.342 e. The standard InChI is InChI=1S/C23H20ClN3O/c1-16(25-23(28)18-9-3-2-4-10-18)22-26-20-12-5-6-13-21(20)27(22)15-17-8-7-11-19(24)14-17/h2-14,16H,15H2,1H3,(H,25,28)/t16-/m0/s1. The van der Waals surface area contributed by atoms with E-state index in [1.54, 1.807) is 12.1 Å². The van der Waals surface area contributed by atoms with E-state index in [-0.39, 0.29) is 11.9 Å². The number of carbonyl (C=O) groups excluding carboxylic acids is 1. The van der Waals surface area contributed by atoms with E-state index in [1.165, 1.54) is 0 Å². The Morgan fingerprint density at radius 1 is 1.04 bits per heavy atom. The van der Waals surface area contributed by atoms with Crippen LogP contribution in [0.1, 0.15) is 34.7 Å². The predicted octanol–water partition coefficient (Wildman–Crippen LogP) is 5.23. The molecule has 0 saturated heterocycles. The molecule has 1 atom stereocenters. The minimum atomic E-state index is -0.251. The summed E-state index contributed by atoms with van der Waals surface area (Å²) in [7, 11) is 0. The highest BCUT2D eigenvalue weighted by Crippen LogP contribution is 2.23. The molecule has 4 aromatic rings. The summed E-state index contributed by atoms with van der Waals surface area (Å²) in [5, 5.41) is 3.77. The van der Waals surface area contributed by atoms with Gasteiger partial charge < -0.3 is 9.88 Å². The van der Waals surface area contributed by atoms with Gasteiger partial charge in [0.25, 0.3) is 5.91 Å². The maximum absolute atomic E-state index is 12.6. The zero-order chi connectivity index (χ0) is 19.5. The second-order valence-electron chi connectivity index (χ2n) is 6.74. The molecule has 1 amide bonds. The Labute approximate surface area is 168 Å². The van der Waals surface area contributed by atoms with Crippen molar-refractivity contribution in [3.8, 4) is 0 Å². The van der Waals surface area contributed by atoms with Gasteiger partial charge in [-0.05, 0) is 48.9 Å². The summed E-state index contributed by atoms with van der Waals surface area (Å²) in [5.41, 5.74) is 3.64. The average molecular weight is 390 g/mol. The molecule has 0 saturated carbocycles. The minimum Gasteiger partial charge on any atom is -0.342 e. The second-order valence-corrected chi connectivity index (χ2v) is 7.17. The molecule has 5 heteroatoms. The number of hydrogen-bond acceptors (Lipinski definition) is 2. The van der Waals surface area contributed by atoms with Gasteiger partial charge in [-0.1, -0.05) is 54.1 Å². The van der Waals surface area contributed by atoms with Gasteiger partial charge in [0.15, 0.2) is 0 Å². The molecule has 0 bridgehead atoms. The van der Waals surface area contributed by atoms with Gasteiger partial charge in [0.1, 0.15) is 5.82 Å². The highest BCUT2D eigenvalue weighted by Gasteiger charge is 2.19. The first kappa shape index (κ1) is 18.3. The average Bonchev–Trinajstić information content (AvgIpc) is 3.07. The number of aromatic nitrogens is 2. The summed E-state index contributed by atoms with van der Waals surface area (Å²) >= 11 is 6.16. The zero-order valence-corrected chi connectivity index (χ0v) is 16.2. The SMILES string of the molecule is C[C@H](NC(=O)c1ccccc1)c1nc2ccccc2n1Cc1cccc(Cl)c1. The lowest BCUT2D eigenvalue weighted by Crippen LogP contribution is -2.28. The molecular weight excluding hydrogens is 370 g/mol. The van der Waals surface area contributed by atoms with Crippen molar-refractivity contribution in [3.05, 3.63) is 101 Å². The maximum Gasteiger partial charge on any atom is 0.251 e. The first-order chi connectivity index (χ1) is 13.6. The van der Waals surface area contributed by atoms with E-state index in [0.29, 0.717) is 17.1 Å². The first-order valence-electron chi connectivity index (χ1n) is 9.17. The molecule has 1 N–H and O–H groups in total. The lowest BCUT2D eigenvalue weighted by molar-refractivity contribution is 0.0938. The molecule has 140 valence electrons. The third-order valence-electron chi connectivity index (χ3n) is 4.68. The number of imidazole rings is 1. The third-order valence-corrected chi connectivity index (χ3v) is 4.92. The molecule has 0 fully saturated rings. The van der Waals surface area contributed by atoms with Crippen molar-refractivity contribution in [2.75, 3.05) is 0 Å². The van der Waals surface area contributed by atoms with E-state index in [0.717, 1.165) is 22.4 Å².